The normalized spacial score (nSPS) is 10.4. The van der Waals surface area contributed by atoms with Gasteiger partial charge in [0.2, 0.25) is 0 Å². The van der Waals surface area contributed by atoms with E-state index in [0.717, 1.165) is 5.56 Å². The number of carbonyl (C=O) groups is 1. The number of nitrogens with one attached hydrogen (secondary N) is 1. The van der Waals surface area contributed by atoms with E-state index in [9.17, 15) is 9.18 Å². The van der Waals surface area contributed by atoms with Crippen molar-refractivity contribution in [3.63, 3.8) is 0 Å². The van der Waals surface area contributed by atoms with Gasteiger partial charge in [-0.05, 0) is 42.8 Å². The Labute approximate surface area is 152 Å². The highest BCUT2D eigenvalue weighted by molar-refractivity contribution is 5.92. The fourth-order valence-corrected chi connectivity index (χ4v) is 2.62. The van der Waals surface area contributed by atoms with Crippen molar-refractivity contribution < 1.29 is 9.18 Å². The highest BCUT2D eigenvalue weighted by Gasteiger charge is 2.15. The Kier molecular flexibility index (Phi) is 5.59. The lowest BCUT2D eigenvalue weighted by atomic mass is 10.2. The standard InChI is InChI=1S/C21H20FN3O/c1-2-25(15-16-7-4-3-5-8-16)21(26)20-12-11-19(14-23-20)24-18-10-6-9-17(22)13-18/h3-14,24H,2,15H2,1H3. The van der Waals surface area contributed by atoms with Crippen molar-refractivity contribution in [1.29, 1.82) is 0 Å². The summed E-state index contributed by atoms with van der Waals surface area (Å²) in [4.78, 5) is 18.7. The Bertz CT molecular complexity index is 866. The van der Waals surface area contributed by atoms with Crippen molar-refractivity contribution in [1.82, 2.24) is 9.88 Å². The molecule has 0 aliphatic carbocycles. The van der Waals surface area contributed by atoms with Crippen molar-refractivity contribution >= 4 is 17.3 Å². The number of carbonyl (C=O) groups excluding carboxylic acids is 1. The summed E-state index contributed by atoms with van der Waals surface area (Å²) in [6, 6.07) is 19.5. The number of hydrogen-bond donors (Lipinski definition) is 1. The molecule has 4 nitrogen and oxygen atoms in total. The summed E-state index contributed by atoms with van der Waals surface area (Å²) in [6.45, 7) is 3.08. The zero-order valence-corrected chi connectivity index (χ0v) is 14.5. The number of hydrogen-bond acceptors (Lipinski definition) is 3. The first-order valence-corrected chi connectivity index (χ1v) is 8.47. The monoisotopic (exact) mass is 349 g/mol. The van der Waals surface area contributed by atoms with Crippen LogP contribution in [0.5, 0.6) is 0 Å². The van der Waals surface area contributed by atoms with Gasteiger partial charge in [0.25, 0.3) is 5.91 Å². The summed E-state index contributed by atoms with van der Waals surface area (Å²) in [5.41, 5.74) is 2.78. The highest BCUT2D eigenvalue weighted by Crippen LogP contribution is 2.17. The van der Waals surface area contributed by atoms with Crippen LogP contribution in [0.25, 0.3) is 0 Å². The first kappa shape index (κ1) is 17.6. The van der Waals surface area contributed by atoms with Crippen molar-refractivity contribution in [2.24, 2.45) is 0 Å². The molecule has 0 bridgehead atoms. The van der Waals surface area contributed by atoms with Crippen LogP contribution in [-0.2, 0) is 6.54 Å². The van der Waals surface area contributed by atoms with Gasteiger partial charge in [-0.15, -0.1) is 0 Å². The lowest BCUT2D eigenvalue weighted by Gasteiger charge is -2.20. The lowest BCUT2D eigenvalue weighted by molar-refractivity contribution is 0.0746. The van der Waals surface area contributed by atoms with Crippen molar-refractivity contribution in [2.75, 3.05) is 11.9 Å². The van der Waals surface area contributed by atoms with E-state index in [1.807, 2.05) is 37.3 Å². The molecule has 3 rings (SSSR count). The van der Waals surface area contributed by atoms with Crippen LogP contribution in [0.15, 0.2) is 72.9 Å². The van der Waals surface area contributed by atoms with Crippen LogP contribution in [0.3, 0.4) is 0 Å². The van der Waals surface area contributed by atoms with Gasteiger partial charge >= 0.3 is 0 Å². The molecule has 1 heterocycles. The van der Waals surface area contributed by atoms with Gasteiger partial charge in [0.15, 0.2) is 0 Å². The second kappa shape index (κ2) is 8.25. The number of pyridine rings is 1. The van der Waals surface area contributed by atoms with Crippen LogP contribution in [0, 0.1) is 5.82 Å². The van der Waals surface area contributed by atoms with E-state index < -0.39 is 0 Å². The molecule has 2 aromatic carbocycles. The highest BCUT2D eigenvalue weighted by atomic mass is 19.1. The predicted molar refractivity (Wildman–Crippen MR) is 101 cm³/mol. The molecular formula is C21H20FN3O. The van der Waals surface area contributed by atoms with E-state index in [2.05, 4.69) is 10.3 Å². The molecule has 132 valence electrons. The number of nitrogens with zero attached hydrogens (tertiary/aromatic N) is 2. The minimum Gasteiger partial charge on any atom is -0.354 e. The van der Waals surface area contributed by atoms with Crippen LogP contribution in [0.1, 0.15) is 23.0 Å². The molecule has 0 saturated carbocycles. The van der Waals surface area contributed by atoms with Crippen LogP contribution >= 0.6 is 0 Å². The lowest BCUT2D eigenvalue weighted by Crippen LogP contribution is -2.30. The molecule has 0 saturated heterocycles. The first-order chi connectivity index (χ1) is 12.7. The van der Waals surface area contributed by atoms with Crippen LogP contribution in [0.2, 0.25) is 0 Å². The maximum absolute atomic E-state index is 13.2. The molecule has 5 heteroatoms. The molecule has 1 N–H and O–H groups in total. The molecular weight excluding hydrogens is 329 g/mol. The molecule has 0 aliphatic rings. The zero-order valence-electron chi connectivity index (χ0n) is 14.5. The Balaban J connectivity index is 1.69. The SMILES string of the molecule is CCN(Cc1ccccc1)C(=O)c1ccc(Nc2cccc(F)c2)cn1. The van der Waals surface area contributed by atoms with Crippen molar-refractivity contribution in [3.05, 3.63) is 90.0 Å². The first-order valence-electron chi connectivity index (χ1n) is 8.47. The summed E-state index contributed by atoms with van der Waals surface area (Å²) in [6.07, 6.45) is 1.58. The van der Waals surface area contributed by atoms with Gasteiger partial charge in [-0.3, -0.25) is 4.79 Å². The van der Waals surface area contributed by atoms with Crippen molar-refractivity contribution in [2.45, 2.75) is 13.5 Å². The summed E-state index contributed by atoms with van der Waals surface area (Å²) in [5, 5.41) is 3.07. The third-order valence-electron chi connectivity index (χ3n) is 3.98. The maximum atomic E-state index is 13.2. The fraction of sp³-hybridized carbons (Fsp3) is 0.143. The molecule has 3 aromatic rings. The molecule has 1 amide bonds. The van der Waals surface area contributed by atoms with Gasteiger partial charge in [-0.25, -0.2) is 9.37 Å². The van der Waals surface area contributed by atoms with Gasteiger partial charge in [0.1, 0.15) is 11.5 Å². The molecule has 0 aliphatic heterocycles. The molecule has 1 aromatic heterocycles. The number of anilines is 2. The van der Waals surface area contributed by atoms with Crippen LogP contribution < -0.4 is 5.32 Å². The summed E-state index contributed by atoms with van der Waals surface area (Å²) >= 11 is 0. The van der Waals surface area contributed by atoms with Gasteiger partial charge in [0, 0.05) is 18.8 Å². The maximum Gasteiger partial charge on any atom is 0.272 e. The number of halogens is 1. The molecule has 0 atom stereocenters. The number of aromatic nitrogens is 1. The van der Waals surface area contributed by atoms with E-state index in [0.29, 0.717) is 30.2 Å². The van der Waals surface area contributed by atoms with E-state index in [1.165, 1.54) is 12.1 Å². The smallest absolute Gasteiger partial charge is 0.272 e. The number of rotatable bonds is 6. The second-order valence-electron chi connectivity index (χ2n) is 5.87. The van der Waals surface area contributed by atoms with E-state index in [1.54, 1.807) is 35.4 Å². The van der Waals surface area contributed by atoms with Gasteiger partial charge in [-0.1, -0.05) is 36.4 Å². The second-order valence-corrected chi connectivity index (χ2v) is 5.87. The van der Waals surface area contributed by atoms with Crippen molar-refractivity contribution in [3.8, 4) is 0 Å². The van der Waals surface area contributed by atoms with Gasteiger partial charge in [-0.2, -0.15) is 0 Å². The average molecular weight is 349 g/mol. The van der Waals surface area contributed by atoms with E-state index in [-0.39, 0.29) is 11.7 Å². The molecule has 0 unspecified atom stereocenters. The molecule has 0 spiro atoms. The van der Waals surface area contributed by atoms with Gasteiger partial charge in [0.05, 0.1) is 11.9 Å². The third-order valence-corrected chi connectivity index (χ3v) is 3.98. The van der Waals surface area contributed by atoms with Crippen LogP contribution in [-0.4, -0.2) is 22.3 Å². The Morgan fingerprint density at radius 2 is 1.85 bits per heavy atom. The molecule has 0 fully saturated rings. The zero-order chi connectivity index (χ0) is 18.4. The van der Waals surface area contributed by atoms with Gasteiger partial charge < -0.3 is 10.2 Å². The fourth-order valence-electron chi connectivity index (χ4n) is 2.62. The Morgan fingerprint density at radius 1 is 1.04 bits per heavy atom. The topological polar surface area (TPSA) is 45.2 Å². The summed E-state index contributed by atoms with van der Waals surface area (Å²) in [7, 11) is 0. The number of benzene rings is 2. The van der Waals surface area contributed by atoms with Crippen LogP contribution in [0.4, 0.5) is 15.8 Å². The van der Waals surface area contributed by atoms with E-state index in [4.69, 9.17) is 0 Å². The number of amides is 1. The largest absolute Gasteiger partial charge is 0.354 e. The molecule has 26 heavy (non-hydrogen) atoms. The Morgan fingerprint density at radius 3 is 2.50 bits per heavy atom. The minimum absolute atomic E-state index is 0.117. The summed E-state index contributed by atoms with van der Waals surface area (Å²) in [5.74, 6) is -0.428. The van der Waals surface area contributed by atoms with E-state index >= 15 is 0 Å². The average Bonchev–Trinajstić information content (AvgIpc) is 2.67. The quantitative estimate of drug-likeness (QED) is 0.706. The Hall–Kier alpha value is -3.21. The third kappa shape index (κ3) is 4.45. The summed E-state index contributed by atoms with van der Waals surface area (Å²) < 4.78 is 13.2. The minimum atomic E-state index is -0.311. The predicted octanol–water partition coefficient (Wildman–Crippen LogP) is 4.63. The molecule has 0 radical (unpaired) electrons.